The fourth-order valence-electron chi connectivity index (χ4n) is 3.87. The molecule has 0 saturated carbocycles. The molecule has 0 aromatic heterocycles. The molecule has 5 heteroatoms. The molecular weight excluding hydrogens is 390 g/mol. The number of nitrogens with zero attached hydrogens (tertiary/aromatic N) is 1. The van der Waals surface area contributed by atoms with Gasteiger partial charge in [-0.3, -0.25) is 10.1 Å². The van der Waals surface area contributed by atoms with Crippen LogP contribution in [0, 0.1) is 10.1 Å². The highest BCUT2D eigenvalue weighted by atomic mass is 28.2. The van der Waals surface area contributed by atoms with Gasteiger partial charge in [0.1, 0.15) is 5.60 Å². The number of nitro groups is 1. The molecule has 0 saturated heterocycles. The Labute approximate surface area is 178 Å². The van der Waals surface area contributed by atoms with Gasteiger partial charge in [0.15, 0.2) is 0 Å². The molecule has 0 amide bonds. The van der Waals surface area contributed by atoms with Crippen molar-refractivity contribution < 1.29 is 9.35 Å². The van der Waals surface area contributed by atoms with Crippen molar-refractivity contribution in [1.29, 1.82) is 0 Å². The van der Waals surface area contributed by atoms with E-state index in [1.807, 2.05) is 97.1 Å². The smallest absolute Gasteiger partial charge is 0.283 e. The lowest BCUT2D eigenvalue weighted by molar-refractivity contribution is -0.385. The monoisotopic (exact) mass is 408 g/mol. The van der Waals surface area contributed by atoms with Gasteiger partial charge < -0.3 is 4.43 Å². The SMILES string of the molecule is O=[N+]([O-])c1c(-c2ccccc2)cccc1C(O[Si])(c1ccccc1)c1ccccc1. The van der Waals surface area contributed by atoms with Crippen LogP contribution in [0.5, 0.6) is 0 Å². The van der Waals surface area contributed by atoms with Crippen molar-refractivity contribution in [3.8, 4) is 11.1 Å². The second-order valence-corrected chi connectivity index (χ2v) is 7.04. The Morgan fingerprint density at radius 2 is 1.20 bits per heavy atom. The Hall–Kier alpha value is -3.54. The van der Waals surface area contributed by atoms with Gasteiger partial charge in [-0.2, -0.15) is 0 Å². The van der Waals surface area contributed by atoms with Crippen molar-refractivity contribution in [2.24, 2.45) is 0 Å². The van der Waals surface area contributed by atoms with Gasteiger partial charge >= 0.3 is 0 Å². The van der Waals surface area contributed by atoms with Gasteiger partial charge in [-0.1, -0.05) is 97.1 Å². The molecular formula is C25H18NO3Si. The third-order valence-electron chi connectivity index (χ3n) is 5.20. The third kappa shape index (κ3) is 3.34. The third-order valence-corrected chi connectivity index (χ3v) is 5.50. The number of hydrogen-bond donors (Lipinski definition) is 0. The van der Waals surface area contributed by atoms with Crippen molar-refractivity contribution in [2.75, 3.05) is 0 Å². The molecule has 4 aromatic rings. The zero-order valence-corrected chi connectivity index (χ0v) is 17.1. The Kier molecular flexibility index (Phi) is 5.56. The van der Waals surface area contributed by atoms with E-state index in [4.69, 9.17) is 4.43 Å². The lowest BCUT2D eigenvalue weighted by Crippen LogP contribution is -2.33. The molecule has 0 spiro atoms. The average Bonchev–Trinajstić information content (AvgIpc) is 2.82. The van der Waals surface area contributed by atoms with Crippen LogP contribution < -0.4 is 0 Å². The molecule has 0 atom stereocenters. The maximum Gasteiger partial charge on any atom is 0.283 e. The number of hydrogen-bond acceptors (Lipinski definition) is 3. The second-order valence-electron chi connectivity index (χ2n) is 6.84. The molecule has 0 N–H and O–H groups in total. The molecule has 4 nitrogen and oxygen atoms in total. The number of para-hydroxylation sites is 1. The quantitative estimate of drug-likeness (QED) is 0.179. The molecule has 0 unspecified atom stereocenters. The number of benzene rings is 4. The van der Waals surface area contributed by atoms with Crippen molar-refractivity contribution in [3.05, 3.63) is 136 Å². The second kappa shape index (κ2) is 8.45. The van der Waals surface area contributed by atoms with Gasteiger partial charge in [-0.25, -0.2) is 0 Å². The lowest BCUT2D eigenvalue weighted by atomic mass is 9.78. The van der Waals surface area contributed by atoms with E-state index < -0.39 is 5.60 Å². The zero-order chi connectivity index (χ0) is 21.0. The summed E-state index contributed by atoms with van der Waals surface area (Å²) < 4.78 is 5.98. The molecule has 0 heterocycles. The van der Waals surface area contributed by atoms with Crippen molar-refractivity contribution in [2.45, 2.75) is 5.60 Å². The zero-order valence-electron chi connectivity index (χ0n) is 16.1. The summed E-state index contributed by atoms with van der Waals surface area (Å²) in [7, 11) is 3.29. The standard InChI is InChI=1S/C25H18NO3Si/c27-26(28)24-22(19-11-4-1-5-12-19)17-10-18-23(24)25(29-30,20-13-6-2-7-14-20)21-15-8-3-9-16-21/h1-18H. The summed E-state index contributed by atoms with van der Waals surface area (Å²) in [5.41, 5.74) is 2.11. The van der Waals surface area contributed by atoms with Gasteiger partial charge in [0.05, 0.1) is 16.1 Å². The van der Waals surface area contributed by atoms with Crippen LogP contribution in [0.4, 0.5) is 5.69 Å². The molecule has 0 aliphatic heterocycles. The van der Waals surface area contributed by atoms with E-state index >= 15 is 0 Å². The maximum absolute atomic E-state index is 12.4. The first-order valence-electron chi connectivity index (χ1n) is 9.47. The van der Waals surface area contributed by atoms with E-state index in [1.165, 1.54) is 0 Å². The van der Waals surface area contributed by atoms with Crippen LogP contribution in [0.25, 0.3) is 11.1 Å². The van der Waals surface area contributed by atoms with Gasteiger partial charge in [0.25, 0.3) is 5.69 Å². The first-order chi connectivity index (χ1) is 14.7. The lowest BCUT2D eigenvalue weighted by Gasteiger charge is -2.34. The summed E-state index contributed by atoms with van der Waals surface area (Å²) in [5, 5.41) is 12.4. The predicted molar refractivity (Wildman–Crippen MR) is 118 cm³/mol. The van der Waals surface area contributed by atoms with Crippen LogP contribution in [0.2, 0.25) is 0 Å². The van der Waals surface area contributed by atoms with E-state index in [1.54, 1.807) is 12.1 Å². The van der Waals surface area contributed by atoms with E-state index in [-0.39, 0.29) is 10.6 Å². The molecule has 0 fully saturated rings. The number of nitro benzene ring substituents is 1. The van der Waals surface area contributed by atoms with Crippen molar-refractivity contribution in [3.63, 3.8) is 0 Å². The minimum Gasteiger partial charge on any atom is -0.401 e. The Bertz CT molecular complexity index is 1110. The van der Waals surface area contributed by atoms with E-state index in [2.05, 4.69) is 10.5 Å². The van der Waals surface area contributed by atoms with E-state index in [0.717, 1.165) is 16.7 Å². The summed E-state index contributed by atoms with van der Waals surface area (Å²) >= 11 is 0. The van der Waals surface area contributed by atoms with Crippen molar-refractivity contribution in [1.82, 2.24) is 0 Å². The summed E-state index contributed by atoms with van der Waals surface area (Å²) in [6.45, 7) is 0. The molecule has 30 heavy (non-hydrogen) atoms. The first kappa shape index (κ1) is 19.8. The van der Waals surface area contributed by atoms with Crippen LogP contribution in [0.3, 0.4) is 0 Å². The molecule has 0 aliphatic rings. The minimum absolute atomic E-state index is 0.00894. The molecule has 4 rings (SSSR count). The fraction of sp³-hybridized carbons (Fsp3) is 0.0400. The largest absolute Gasteiger partial charge is 0.401 e. The Morgan fingerprint density at radius 3 is 1.67 bits per heavy atom. The fourth-order valence-corrected chi connectivity index (χ4v) is 4.22. The highest BCUT2D eigenvalue weighted by Crippen LogP contribution is 2.46. The van der Waals surface area contributed by atoms with Gasteiger partial charge in [-0.05, 0) is 28.8 Å². The summed E-state index contributed by atoms with van der Waals surface area (Å²) in [4.78, 5) is 12.0. The first-order valence-corrected chi connectivity index (χ1v) is 9.88. The van der Waals surface area contributed by atoms with Gasteiger partial charge in [0, 0.05) is 0 Å². The summed E-state index contributed by atoms with van der Waals surface area (Å²) in [6.07, 6.45) is 0. The van der Waals surface area contributed by atoms with Gasteiger partial charge in [0.2, 0.25) is 10.5 Å². The average molecular weight is 409 g/mol. The van der Waals surface area contributed by atoms with Crippen LogP contribution >= 0.6 is 0 Å². The Balaban J connectivity index is 2.10. The topological polar surface area (TPSA) is 52.4 Å². The number of rotatable bonds is 6. The van der Waals surface area contributed by atoms with Crippen LogP contribution in [-0.4, -0.2) is 15.4 Å². The van der Waals surface area contributed by atoms with Crippen molar-refractivity contribution >= 4 is 16.2 Å². The maximum atomic E-state index is 12.4. The van der Waals surface area contributed by atoms with Crippen LogP contribution in [-0.2, 0) is 10.0 Å². The van der Waals surface area contributed by atoms with Crippen LogP contribution in [0.1, 0.15) is 16.7 Å². The minimum atomic E-state index is -1.22. The molecule has 4 aromatic carbocycles. The van der Waals surface area contributed by atoms with E-state index in [0.29, 0.717) is 11.1 Å². The molecule has 145 valence electrons. The highest BCUT2D eigenvalue weighted by molar-refractivity contribution is 5.99. The highest BCUT2D eigenvalue weighted by Gasteiger charge is 2.42. The molecule has 0 aliphatic carbocycles. The molecule has 0 bridgehead atoms. The predicted octanol–water partition coefficient (Wildman–Crippen LogP) is 5.65. The van der Waals surface area contributed by atoms with Gasteiger partial charge in [-0.15, -0.1) is 0 Å². The van der Waals surface area contributed by atoms with E-state index in [9.17, 15) is 10.1 Å². The molecule has 3 radical (unpaired) electrons. The Morgan fingerprint density at radius 1 is 0.700 bits per heavy atom. The normalized spacial score (nSPS) is 11.2. The summed E-state index contributed by atoms with van der Waals surface area (Å²) in [5.74, 6) is 0. The van der Waals surface area contributed by atoms with Crippen LogP contribution in [0.15, 0.2) is 109 Å². The summed E-state index contributed by atoms with van der Waals surface area (Å²) in [6, 6.07) is 33.7.